The lowest BCUT2D eigenvalue weighted by atomic mass is 9.78. The molecule has 0 N–H and O–H groups in total. The Kier molecular flexibility index (Phi) is 7.11. The molecular formula is C15H27NO. The molecule has 98 valence electrons. The van der Waals surface area contributed by atoms with Crippen molar-refractivity contribution in [2.75, 3.05) is 0 Å². The number of ketones is 1. The lowest BCUT2D eigenvalue weighted by Crippen LogP contribution is -2.26. The Balaban J connectivity index is 4.08. The van der Waals surface area contributed by atoms with E-state index in [-0.39, 0.29) is 5.41 Å². The molecule has 2 nitrogen and oxygen atoms in total. The van der Waals surface area contributed by atoms with Gasteiger partial charge in [0, 0.05) is 18.3 Å². The second kappa shape index (κ2) is 7.48. The highest BCUT2D eigenvalue weighted by Crippen LogP contribution is 2.29. The van der Waals surface area contributed by atoms with Gasteiger partial charge in [0.1, 0.15) is 5.78 Å². The number of hydrogen-bond acceptors (Lipinski definition) is 2. The van der Waals surface area contributed by atoms with E-state index < -0.39 is 0 Å². The number of nitriles is 1. The van der Waals surface area contributed by atoms with Crippen molar-refractivity contribution in [1.29, 1.82) is 5.26 Å². The van der Waals surface area contributed by atoms with Crippen LogP contribution >= 0.6 is 0 Å². The summed E-state index contributed by atoms with van der Waals surface area (Å²) >= 11 is 0. The van der Waals surface area contributed by atoms with Crippen LogP contribution in [0.25, 0.3) is 0 Å². The van der Waals surface area contributed by atoms with Crippen molar-refractivity contribution in [3.8, 4) is 6.07 Å². The highest BCUT2D eigenvalue weighted by molar-refractivity contribution is 5.84. The molecule has 0 radical (unpaired) electrons. The number of Topliss-reactive ketones (excluding diaryl/α,β-unsaturated/α-hetero) is 1. The van der Waals surface area contributed by atoms with Crippen LogP contribution in [0.1, 0.15) is 66.7 Å². The normalized spacial score (nSPS) is 13.5. The monoisotopic (exact) mass is 237 g/mol. The molecule has 17 heavy (non-hydrogen) atoms. The van der Waals surface area contributed by atoms with Crippen LogP contribution in [-0.4, -0.2) is 5.78 Å². The summed E-state index contributed by atoms with van der Waals surface area (Å²) in [5.41, 5.74) is -0.203. The van der Waals surface area contributed by atoms with E-state index in [1.54, 1.807) is 0 Å². The number of carbonyl (C=O) groups excluding carboxylic acids is 1. The lowest BCUT2D eigenvalue weighted by Gasteiger charge is -2.25. The molecule has 1 atom stereocenters. The molecule has 0 amide bonds. The van der Waals surface area contributed by atoms with Crippen LogP contribution in [0.4, 0.5) is 0 Å². The maximum absolute atomic E-state index is 12.0. The third kappa shape index (κ3) is 7.15. The summed E-state index contributed by atoms with van der Waals surface area (Å²) in [6.07, 6.45) is 4.23. The first kappa shape index (κ1) is 16.2. The van der Waals surface area contributed by atoms with E-state index >= 15 is 0 Å². The summed E-state index contributed by atoms with van der Waals surface area (Å²) in [7, 11) is 0. The topological polar surface area (TPSA) is 40.9 Å². The molecule has 0 saturated heterocycles. The molecule has 0 rings (SSSR count). The van der Waals surface area contributed by atoms with Crippen molar-refractivity contribution in [2.45, 2.75) is 66.7 Å². The molecule has 0 aromatic heterocycles. The van der Waals surface area contributed by atoms with Crippen LogP contribution in [0, 0.1) is 28.6 Å². The summed E-state index contributed by atoms with van der Waals surface area (Å²) in [6.45, 7) is 10.4. The van der Waals surface area contributed by atoms with Gasteiger partial charge in [0.25, 0.3) is 0 Å². The number of carbonyl (C=O) groups is 1. The minimum absolute atomic E-state index is 0.203. The van der Waals surface area contributed by atoms with Crippen molar-refractivity contribution in [2.24, 2.45) is 17.3 Å². The first-order valence-electron chi connectivity index (χ1n) is 6.70. The molecule has 0 saturated carbocycles. The van der Waals surface area contributed by atoms with Crippen molar-refractivity contribution in [3.05, 3.63) is 0 Å². The molecule has 0 bridgehead atoms. The maximum atomic E-state index is 12.0. The second-order valence-corrected chi connectivity index (χ2v) is 6.25. The van der Waals surface area contributed by atoms with Gasteiger partial charge in [0.15, 0.2) is 0 Å². The van der Waals surface area contributed by atoms with Crippen LogP contribution in [0.3, 0.4) is 0 Å². The third-order valence-corrected chi connectivity index (χ3v) is 3.36. The fraction of sp³-hybridized carbons (Fsp3) is 0.867. The summed E-state index contributed by atoms with van der Waals surface area (Å²) in [4.78, 5) is 12.0. The molecule has 0 aliphatic heterocycles. The van der Waals surface area contributed by atoms with Gasteiger partial charge in [-0.25, -0.2) is 0 Å². The molecule has 2 heteroatoms. The summed E-state index contributed by atoms with van der Waals surface area (Å²) in [6, 6.07) is 2.18. The number of nitrogens with zero attached hydrogens (tertiary/aromatic N) is 1. The van der Waals surface area contributed by atoms with Gasteiger partial charge in [-0.2, -0.15) is 5.26 Å². The molecular weight excluding hydrogens is 210 g/mol. The molecule has 0 aliphatic carbocycles. The van der Waals surface area contributed by atoms with Crippen LogP contribution in [-0.2, 0) is 4.79 Å². The van der Waals surface area contributed by atoms with E-state index in [0.717, 1.165) is 19.3 Å². The Hall–Kier alpha value is -0.840. The van der Waals surface area contributed by atoms with Crippen molar-refractivity contribution >= 4 is 5.78 Å². The summed E-state index contributed by atoms with van der Waals surface area (Å²) in [5.74, 6) is 1.36. The fourth-order valence-electron chi connectivity index (χ4n) is 1.85. The lowest BCUT2D eigenvalue weighted by molar-refractivity contribution is -0.128. The van der Waals surface area contributed by atoms with E-state index in [9.17, 15) is 4.79 Å². The SMILES string of the molecule is CC(C)CC(=O)C(C)(C)CCC(C)CCC#N. The minimum atomic E-state index is -0.203. The van der Waals surface area contributed by atoms with Crippen molar-refractivity contribution in [1.82, 2.24) is 0 Å². The molecule has 0 aromatic rings. The zero-order valence-electron chi connectivity index (χ0n) is 12.0. The molecule has 0 aliphatic rings. The quantitative estimate of drug-likeness (QED) is 0.629. The van der Waals surface area contributed by atoms with Gasteiger partial charge in [-0.3, -0.25) is 4.79 Å². The van der Waals surface area contributed by atoms with Crippen LogP contribution in [0.15, 0.2) is 0 Å². The zero-order chi connectivity index (χ0) is 13.5. The average Bonchev–Trinajstić information content (AvgIpc) is 2.22. The molecule has 0 fully saturated rings. The predicted molar refractivity (Wildman–Crippen MR) is 71.5 cm³/mol. The van der Waals surface area contributed by atoms with Gasteiger partial charge < -0.3 is 0 Å². The zero-order valence-corrected chi connectivity index (χ0v) is 12.0. The van der Waals surface area contributed by atoms with Gasteiger partial charge in [-0.15, -0.1) is 0 Å². The number of hydrogen-bond donors (Lipinski definition) is 0. The Bertz CT molecular complexity index is 273. The molecule has 1 unspecified atom stereocenters. The Morgan fingerprint density at radius 3 is 2.29 bits per heavy atom. The number of rotatable bonds is 8. The van der Waals surface area contributed by atoms with Gasteiger partial charge in [-0.05, 0) is 31.1 Å². The van der Waals surface area contributed by atoms with Crippen molar-refractivity contribution in [3.63, 3.8) is 0 Å². The first-order valence-corrected chi connectivity index (χ1v) is 6.70. The minimum Gasteiger partial charge on any atom is -0.299 e. The van der Waals surface area contributed by atoms with E-state index in [4.69, 9.17) is 5.26 Å². The maximum Gasteiger partial charge on any atom is 0.138 e. The Morgan fingerprint density at radius 1 is 1.24 bits per heavy atom. The molecule has 0 heterocycles. The van der Waals surface area contributed by atoms with E-state index in [0.29, 0.717) is 30.5 Å². The molecule has 0 spiro atoms. The van der Waals surface area contributed by atoms with Gasteiger partial charge in [0.2, 0.25) is 0 Å². The second-order valence-electron chi connectivity index (χ2n) is 6.25. The third-order valence-electron chi connectivity index (χ3n) is 3.36. The highest BCUT2D eigenvalue weighted by atomic mass is 16.1. The van der Waals surface area contributed by atoms with Crippen LogP contribution < -0.4 is 0 Å². The van der Waals surface area contributed by atoms with E-state index in [1.807, 2.05) is 0 Å². The summed E-state index contributed by atoms with van der Waals surface area (Å²) < 4.78 is 0. The van der Waals surface area contributed by atoms with E-state index in [1.165, 1.54) is 0 Å². The largest absolute Gasteiger partial charge is 0.299 e. The highest BCUT2D eigenvalue weighted by Gasteiger charge is 2.27. The van der Waals surface area contributed by atoms with E-state index in [2.05, 4.69) is 40.7 Å². The first-order chi connectivity index (χ1) is 7.79. The Morgan fingerprint density at radius 2 is 1.82 bits per heavy atom. The fourth-order valence-corrected chi connectivity index (χ4v) is 1.85. The summed E-state index contributed by atoms with van der Waals surface area (Å²) in [5, 5.41) is 8.53. The van der Waals surface area contributed by atoms with Crippen LogP contribution in [0.2, 0.25) is 0 Å². The Labute approximate surface area is 106 Å². The van der Waals surface area contributed by atoms with Gasteiger partial charge >= 0.3 is 0 Å². The van der Waals surface area contributed by atoms with Crippen molar-refractivity contribution < 1.29 is 4.79 Å². The molecule has 0 aromatic carbocycles. The van der Waals surface area contributed by atoms with Crippen LogP contribution in [0.5, 0.6) is 0 Å². The standard InChI is InChI=1S/C15H27NO/c1-12(2)11-14(17)15(4,5)9-8-13(3)7-6-10-16/h12-13H,6-9,11H2,1-5H3. The van der Waals surface area contributed by atoms with Gasteiger partial charge in [-0.1, -0.05) is 34.6 Å². The smallest absolute Gasteiger partial charge is 0.138 e. The predicted octanol–water partition coefficient (Wildman–Crippen LogP) is 4.35. The van der Waals surface area contributed by atoms with Gasteiger partial charge in [0.05, 0.1) is 6.07 Å². The average molecular weight is 237 g/mol.